The first-order chi connectivity index (χ1) is 0. The molecule has 0 rings (SSSR count). The predicted molar refractivity (Wildman–Crippen MR) is 0 cm³/mol. The number of hydrogen-bond donors (Lipinski definition) is 0. The second-order valence-corrected chi connectivity index (χ2v) is 0. The molecule has 0 saturated carbocycles. The van der Waals surface area contributed by atoms with Gasteiger partial charge in [-0.1, -0.05) is 0 Å². The van der Waals surface area contributed by atoms with Crippen molar-refractivity contribution in [3.63, 3.8) is 0 Å². The number of hydrogen-bond acceptors (Lipinski definition) is 0. The average molecular weight is 11600 g/mol. The molecule has 0 fully saturated rings. The van der Waals surface area contributed by atoms with E-state index in [0.717, 1.165) is 0 Å². The molecule has 0 unspecified atom stereocenters. The Morgan fingerprint density at radius 2 is 0.0159 bits per heavy atom. The SMILES string of the molecule is [W].[W].[W].[W].[W].[W].[W].[W].[W].[W].[W].[W].[W].[W].[W].[W].[W].[W].[W].[W].[W].[W].[W].[W].[W].[W].[W].[W].[W].[W].[W].[W].[W].[W].[W].[W].[W].[W].[W].[W].[W].[W].[W].[W].[W].[W].[W].[W].[W].[W].[W].[W].[W].[W].[W].[W].[W].[W].[W].[W].[W].[W].[W]. The molecule has 0 heterocycles. The fraction of sp³-hybridized carbons (Fsp3) is 0. The molecule has 0 radical (unpaired) electrons. The van der Waals surface area contributed by atoms with Gasteiger partial charge in [0.2, 0.25) is 0 Å². The van der Waals surface area contributed by atoms with Gasteiger partial charge in [0.25, 0.3) is 0 Å². The van der Waals surface area contributed by atoms with E-state index in [4.69, 9.17) is 0 Å². The van der Waals surface area contributed by atoms with Crippen LogP contribution in [-0.2, 0) is 1330 Å². The number of rotatable bonds is 0. The zero-order valence-electron chi connectivity index (χ0n) is 25.7. The monoisotopic (exact) mass is 11600 g/mol. The molecule has 0 aromatic carbocycles. The molecule has 0 nitrogen and oxygen atoms in total. The van der Waals surface area contributed by atoms with Crippen LogP contribution in [0.4, 0.5) is 0 Å². The van der Waals surface area contributed by atoms with Gasteiger partial charge in [0.05, 0.1) is 0 Å². The van der Waals surface area contributed by atoms with E-state index < -0.39 is 0 Å². The van der Waals surface area contributed by atoms with Gasteiger partial charge in [-0.05, 0) is 0 Å². The molecule has 0 spiro atoms. The predicted octanol–water partition coefficient (Wildman–Crippen LogP) is -0.158. The molecule has 0 saturated heterocycles. The molecule has 0 N–H and O–H groups in total. The third-order valence-electron chi connectivity index (χ3n) is 0. The van der Waals surface area contributed by atoms with Crippen LogP contribution in [0.1, 0.15) is 0 Å². The van der Waals surface area contributed by atoms with Gasteiger partial charge in [0, 0.05) is 1330 Å². The van der Waals surface area contributed by atoms with Crippen LogP contribution in [0.25, 0.3) is 0 Å². The Hall–Kier alpha value is 43.4. The first kappa shape index (κ1) is 628. The topological polar surface area (TPSA) is 0 Å². The summed E-state index contributed by atoms with van der Waals surface area (Å²) >= 11 is 0. The van der Waals surface area contributed by atoms with E-state index >= 15 is 0 Å². The van der Waals surface area contributed by atoms with Crippen molar-refractivity contribution in [2.75, 3.05) is 0 Å². The van der Waals surface area contributed by atoms with Gasteiger partial charge in [0.15, 0.2) is 0 Å². The minimum absolute atomic E-state index is 0. The van der Waals surface area contributed by atoms with Crippen LogP contribution >= 0.6 is 0 Å². The largest absolute Gasteiger partial charge is 0 e. The Morgan fingerprint density at radius 1 is 0.0159 bits per heavy atom. The summed E-state index contributed by atoms with van der Waals surface area (Å²) in [6, 6.07) is 0. The van der Waals surface area contributed by atoms with Crippen LogP contribution in [0.5, 0.6) is 0 Å². The summed E-state index contributed by atoms with van der Waals surface area (Å²) in [6.07, 6.45) is 0. The van der Waals surface area contributed by atoms with Gasteiger partial charge in [-0.15, -0.1) is 0 Å². The smallest absolute Gasteiger partial charge is 0 e. The summed E-state index contributed by atoms with van der Waals surface area (Å²) in [5.74, 6) is 0. The summed E-state index contributed by atoms with van der Waals surface area (Å²) < 4.78 is 0. The van der Waals surface area contributed by atoms with E-state index in [1.54, 1.807) is 0 Å². The molecule has 0 aromatic rings. The fourth-order valence-electron chi connectivity index (χ4n) is 0. The van der Waals surface area contributed by atoms with Crippen molar-refractivity contribution in [3.8, 4) is 0 Å². The van der Waals surface area contributed by atoms with Gasteiger partial charge < -0.3 is 0 Å². The van der Waals surface area contributed by atoms with Gasteiger partial charge >= 0.3 is 0 Å². The van der Waals surface area contributed by atoms with Crippen molar-refractivity contribution < 1.29 is 1330 Å². The standard InChI is InChI=1S/63W. The minimum atomic E-state index is 0. The van der Waals surface area contributed by atoms with Crippen LogP contribution in [0.3, 0.4) is 0 Å². The van der Waals surface area contributed by atoms with E-state index in [1.165, 1.54) is 0 Å². The summed E-state index contributed by atoms with van der Waals surface area (Å²) in [6.45, 7) is 0. The molecule has 0 aliphatic heterocycles. The van der Waals surface area contributed by atoms with Crippen molar-refractivity contribution in [2.45, 2.75) is 0 Å². The van der Waals surface area contributed by atoms with Crippen molar-refractivity contribution in [2.24, 2.45) is 0 Å². The van der Waals surface area contributed by atoms with Crippen LogP contribution in [0.15, 0.2) is 0 Å². The Kier molecular flexibility index (Phi) is 6080. The van der Waals surface area contributed by atoms with Crippen LogP contribution in [-0.4, -0.2) is 0 Å². The second kappa shape index (κ2) is 610. The first-order valence-corrected chi connectivity index (χ1v) is 0. The van der Waals surface area contributed by atoms with Crippen LogP contribution < -0.4 is 0 Å². The van der Waals surface area contributed by atoms with E-state index in [9.17, 15) is 0 Å². The maximum Gasteiger partial charge on any atom is 0 e. The second-order valence-electron chi connectivity index (χ2n) is 0. The quantitative estimate of drug-likeness (QED) is 0.317. The first-order valence-electron chi connectivity index (χ1n) is 0. The normalized spacial score (nSPS) is 0. The zero-order chi connectivity index (χ0) is 0. The molecule has 378 valence electrons. The summed E-state index contributed by atoms with van der Waals surface area (Å²) in [7, 11) is 0. The van der Waals surface area contributed by atoms with E-state index in [0.29, 0.717) is 0 Å². The van der Waals surface area contributed by atoms with Crippen LogP contribution in [0, 0.1) is 0 Å². The molecule has 0 atom stereocenters. The Morgan fingerprint density at radius 3 is 0.0159 bits per heavy atom. The minimum Gasteiger partial charge on any atom is 0 e. The van der Waals surface area contributed by atoms with Crippen molar-refractivity contribution >= 4 is 0 Å². The fourth-order valence-corrected chi connectivity index (χ4v) is 0. The van der Waals surface area contributed by atoms with Gasteiger partial charge in [0.1, 0.15) is 0 Å². The van der Waals surface area contributed by atoms with Crippen molar-refractivity contribution in [1.82, 2.24) is 0 Å². The summed E-state index contributed by atoms with van der Waals surface area (Å²) in [4.78, 5) is 0. The van der Waals surface area contributed by atoms with E-state index in [-0.39, 0.29) is 1330 Å². The van der Waals surface area contributed by atoms with Gasteiger partial charge in [-0.25, -0.2) is 0 Å². The molecule has 0 amide bonds. The molecular formula is W63. The molecule has 0 aliphatic rings. The van der Waals surface area contributed by atoms with E-state index in [1.807, 2.05) is 0 Å². The molecule has 63 heavy (non-hydrogen) atoms. The van der Waals surface area contributed by atoms with E-state index in [2.05, 4.69) is 0 Å². The molecular weight excluding hydrogens is 11600 g/mol. The molecule has 63 heteroatoms. The maximum absolute atomic E-state index is 0. The Labute approximate surface area is 1290 Å². The maximum atomic E-state index is 0. The third kappa shape index (κ3) is 599. The molecule has 0 bridgehead atoms. The summed E-state index contributed by atoms with van der Waals surface area (Å²) in [5.41, 5.74) is 0. The third-order valence-corrected chi connectivity index (χ3v) is 0. The van der Waals surface area contributed by atoms with Gasteiger partial charge in [-0.3, -0.25) is 0 Å². The Bertz CT molecular complexity index is 0. The average Bonchev–Trinajstić information content (AvgIpc) is 0. The van der Waals surface area contributed by atoms with Crippen molar-refractivity contribution in [3.05, 3.63) is 0 Å². The van der Waals surface area contributed by atoms with Gasteiger partial charge in [-0.2, -0.15) is 0 Å². The van der Waals surface area contributed by atoms with Crippen molar-refractivity contribution in [1.29, 1.82) is 0 Å². The molecule has 0 aromatic heterocycles. The zero-order valence-corrected chi connectivity index (χ0v) is 211. The van der Waals surface area contributed by atoms with Crippen LogP contribution in [0.2, 0.25) is 0 Å². The summed E-state index contributed by atoms with van der Waals surface area (Å²) in [5, 5.41) is 0. The Balaban J connectivity index is 0. The molecule has 0 aliphatic carbocycles.